The monoisotopic (exact) mass is 309 g/mol. The molecule has 0 radical (unpaired) electrons. The predicted octanol–water partition coefficient (Wildman–Crippen LogP) is 3.71. The molecule has 0 aliphatic rings. The molecule has 0 spiro atoms. The Hall–Kier alpha value is -3.08. The highest BCUT2D eigenvalue weighted by molar-refractivity contribution is 5.87. The van der Waals surface area contributed by atoms with Crippen molar-refractivity contribution in [2.75, 3.05) is 7.11 Å². The SMILES string of the molecule is COC(=O)c1coc(-c2cccc(OCc3ccccc3)c2)n1. The molecule has 0 aliphatic carbocycles. The highest BCUT2D eigenvalue weighted by atomic mass is 16.5. The fraction of sp³-hybridized carbons (Fsp3) is 0.111. The highest BCUT2D eigenvalue weighted by Gasteiger charge is 2.13. The van der Waals surface area contributed by atoms with Crippen molar-refractivity contribution in [2.45, 2.75) is 6.61 Å². The molecule has 0 atom stereocenters. The molecule has 0 bridgehead atoms. The van der Waals surface area contributed by atoms with Crippen molar-refractivity contribution >= 4 is 5.97 Å². The molecule has 5 heteroatoms. The van der Waals surface area contributed by atoms with Gasteiger partial charge in [-0.25, -0.2) is 9.78 Å². The summed E-state index contributed by atoms with van der Waals surface area (Å²) in [4.78, 5) is 15.5. The first-order chi connectivity index (χ1) is 11.3. The van der Waals surface area contributed by atoms with Crippen LogP contribution in [0.2, 0.25) is 0 Å². The Kier molecular flexibility index (Phi) is 4.38. The largest absolute Gasteiger partial charge is 0.489 e. The predicted molar refractivity (Wildman–Crippen MR) is 84.1 cm³/mol. The molecular formula is C18H15NO4. The van der Waals surface area contributed by atoms with Gasteiger partial charge in [-0.2, -0.15) is 0 Å². The Balaban J connectivity index is 1.74. The number of rotatable bonds is 5. The molecule has 0 aliphatic heterocycles. The number of oxazole rings is 1. The van der Waals surface area contributed by atoms with Crippen molar-refractivity contribution in [3.63, 3.8) is 0 Å². The number of hydrogen-bond acceptors (Lipinski definition) is 5. The minimum Gasteiger partial charge on any atom is -0.489 e. The summed E-state index contributed by atoms with van der Waals surface area (Å²) in [6, 6.07) is 17.3. The molecule has 3 aromatic rings. The number of nitrogens with zero attached hydrogens (tertiary/aromatic N) is 1. The summed E-state index contributed by atoms with van der Waals surface area (Å²) >= 11 is 0. The minimum absolute atomic E-state index is 0.137. The number of aromatic nitrogens is 1. The van der Waals surface area contributed by atoms with Gasteiger partial charge in [-0.15, -0.1) is 0 Å². The minimum atomic E-state index is -0.531. The van der Waals surface area contributed by atoms with Gasteiger partial charge < -0.3 is 13.9 Å². The summed E-state index contributed by atoms with van der Waals surface area (Å²) in [5, 5.41) is 0. The average molecular weight is 309 g/mol. The lowest BCUT2D eigenvalue weighted by atomic mass is 10.2. The second-order valence-corrected chi connectivity index (χ2v) is 4.83. The molecule has 116 valence electrons. The Morgan fingerprint density at radius 1 is 1.13 bits per heavy atom. The van der Waals surface area contributed by atoms with E-state index >= 15 is 0 Å². The molecular weight excluding hydrogens is 294 g/mol. The van der Waals surface area contributed by atoms with E-state index in [4.69, 9.17) is 9.15 Å². The number of esters is 1. The van der Waals surface area contributed by atoms with Gasteiger partial charge in [0, 0.05) is 5.56 Å². The van der Waals surface area contributed by atoms with Crippen molar-refractivity contribution in [2.24, 2.45) is 0 Å². The summed E-state index contributed by atoms with van der Waals surface area (Å²) < 4.78 is 15.7. The normalized spacial score (nSPS) is 10.3. The lowest BCUT2D eigenvalue weighted by molar-refractivity contribution is 0.0594. The summed E-state index contributed by atoms with van der Waals surface area (Å²) in [6.07, 6.45) is 1.28. The number of ether oxygens (including phenoxy) is 2. The van der Waals surface area contributed by atoms with Crippen molar-refractivity contribution < 1.29 is 18.7 Å². The molecule has 0 amide bonds. The smallest absolute Gasteiger partial charge is 0.360 e. The van der Waals surface area contributed by atoms with E-state index in [1.54, 1.807) is 0 Å². The van der Waals surface area contributed by atoms with Gasteiger partial charge in [0.25, 0.3) is 0 Å². The first-order valence-electron chi connectivity index (χ1n) is 7.07. The van der Waals surface area contributed by atoms with E-state index in [0.717, 1.165) is 11.1 Å². The molecule has 2 aromatic carbocycles. The number of hydrogen-bond donors (Lipinski definition) is 0. The van der Waals surface area contributed by atoms with Gasteiger partial charge in [0.2, 0.25) is 5.89 Å². The topological polar surface area (TPSA) is 61.6 Å². The van der Waals surface area contributed by atoms with Crippen LogP contribution < -0.4 is 4.74 Å². The number of methoxy groups -OCH3 is 1. The van der Waals surface area contributed by atoms with E-state index in [-0.39, 0.29) is 5.69 Å². The molecule has 1 heterocycles. The van der Waals surface area contributed by atoms with Crippen LogP contribution in [0.15, 0.2) is 65.3 Å². The first-order valence-corrected chi connectivity index (χ1v) is 7.07. The van der Waals surface area contributed by atoms with Crippen LogP contribution in [-0.2, 0) is 11.3 Å². The maximum Gasteiger partial charge on any atom is 0.360 e. The Morgan fingerprint density at radius 2 is 1.96 bits per heavy atom. The molecule has 0 saturated heterocycles. The molecule has 3 rings (SSSR count). The Morgan fingerprint density at radius 3 is 2.74 bits per heavy atom. The molecule has 0 unspecified atom stereocenters. The maximum atomic E-state index is 11.4. The zero-order chi connectivity index (χ0) is 16.1. The van der Waals surface area contributed by atoms with Gasteiger partial charge in [-0.1, -0.05) is 36.4 Å². The Bertz CT molecular complexity index is 796. The summed E-state index contributed by atoms with van der Waals surface area (Å²) in [5.74, 6) is 0.510. The number of carbonyl (C=O) groups excluding carboxylic acids is 1. The van der Waals surface area contributed by atoms with Crippen molar-refractivity contribution in [3.05, 3.63) is 72.1 Å². The number of benzene rings is 2. The molecule has 5 nitrogen and oxygen atoms in total. The highest BCUT2D eigenvalue weighted by Crippen LogP contribution is 2.24. The van der Waals surface area contributed by atoms with Crippen LogP contribution in [0.25, 0.3) is 11.5 Å². The van der Waals surface area contributed by atoms with Gasteiger partial charge in [0.1, 0.15) is 18.6 Å². The van der Waals surface area contributed by atoms with Crippen LogP contribution in [0.5, 0.6) is 5.75 Å². The zero-order valence-corrected chi connectivity index (χ0v) is 12.6. The lowest BCUT2D eigenvalue weighted by Gasteiger charge is -2.07. The molecule has 1 aromatic heterocycles. The fourth-order valence-electron chi connectivity index (χ4n) is 2.06. The summed E-state index contributed by atoms with van der Waals surface area (Å²) in [7, 11) is 1.30. The summed E-state index contributed by atoms with van der Waals surface area (Å²) in [6.45, 7) is 0.475. The van der Waals surface area contributed by atoms with Crippen LogP contribution in [0.1, 0.15) is 16.1 Å². The van der Waals surface area contributed by atoms with Crippen LogP contribution in [0.4, 0.5) is 0 Å². The van der Waals surface area contributed by atoms with Crippen LogP contribution in [-0.4, -0.2) is 18.1 Å². The van der Waals surface area contributed by atoms with E-state index in [1.807, 2.05) is 54.6 Å². The third-order valence-electron chi connectivity index (χ3n) is 3.23. The van der Waals surface area contributed by atoms with E-state index in [9.17, 15) is 4.79 Å². The molecule has 0 fully saturated rings. The van der Waals surface area contributed by atoms with E-state index < -0.39 is 5.97 Å². The van der Waals surface area contributed by atoms with Crippen molar-refractivity contribution in [1.82, 2.24) is 4.98 Å². The second kappa shape index (κ2) is 6.79. The lowest BCUT2D eigenvalue weighted by Crippen LogP contribution is -2.01. The van der Waals surface area contributed by atoms with Gasteiger partial charge in [0.05, 0.1) is 7.11 Å². The van der Waals surface area contributed by atoms with E-state index in [2.05, 4.69) is 9.72 Å². The Labute approximate surface area is 133 Å². The van der Waals surface area contributed by atoms with Gasteiger partial charge in [-0.3, -0.25) is 0 Å². The van der Waals surface area contributed by atoms with Crippen LogP contribution in [0.3, 0.4) is 0 Å². The standard InChI is InChI=1S/C18H15NO4/c1-21-18(20)16-12-23-17(19-16)14-8-5-9-15(10-14)22-11-13-6-3-2-4-7-13/h2-10,12H,11H2,1H3. The van der Waals surface area contributed by atoms with Gasteiger partial charge in [-0.05, 0) is 23.8 Å². The van der Waals surface area contributed by atoms with Crippen molar-refractivity contribution in [3.8, 4) is 17.2 Å². The van der Waals surface area contributed by atoms with Gasteiger partial charge >= 0.3 is 5.97 Å². The van der Waals surface area contributed by atoms with Crippen molar-refractivity contribution in [1.29, 1.82) is 0 Å². The molecule has 0 N–H and O–H groups in total. The third-order valence-corrected chi connectivity index (χ3v) is 3.23. The van der Waals surface area contributed by atoms with Crippen LogP contribution >= 0.6 is 0 Å². The first kappa shape index (κ1) is 14.8. The fourth-order valence-corrected chi connectivity index (χ4v) is 2.06. The van der Waals surface area contributed by atoms with Crippen LogP contribution in [0, 0.1) is 0 Å². The third kappa shape index (κ3) is 3.58. The second-order valence-electron chi connectivity index (χ2n) is 4.83. The van der Waals surface area contributed by atoms with E-state index in [1.165, 1.54) is 13.4 Å². The summed E-state index contributed by atoms with van der Waals surface area (Å²) in [5.41, 5.74) is 1.95. The zero-order valence-electron chi connectivity index (χ0n) is 12.6. The maximum absolute atomic E-state index is 11.4. The van der Waals surface area contributed by atoms with Gasteiger partial charge in [0.15, 0.2) is 5.69 Å². The average Bonchev–Trinajstić information content (AvgIpc) is 3.11. The van der Waals surface area contributed by atoms with E-state index in [0.29, 0.717) is 18.2 Å². The molecule has 0 saturated carbocycles. The molecule has 23 heavy (non-hydrogen) atoms. The number of carbonyl (C=O) groups is 1. The quantitative estimate of drug-likeness (QED) is 0.672.